The van der Waals surface area contributed by atoms with Crippen LogP contribution in [-0.4, -0.2) is 11.1 Å². The number of aromatic carboxylic acids is 1. The first-order valence-corrected chi connectivity index (χ1v) is 7.21. The Hall–Kier alpha value is -1.11. The molecule has 2 N–H and O–H groups in total. The highest BCUT2D eigenvalue weighted by Gasteiger charge is 2.10. The molecule has 0 aliphatic heterocycles. The summed E-state index contributed by atoms with van der Waals surface area (Å²) in [5.41, 5.74) is 0.833. The van der Waals surface area contributed by atoms with Crippen molar-refractivity contribution in [3.63, 3.8) is 0 Å². The van der Waals surface area contributed by atoms with Gasteiger partial charge in [0.2, 0.25) is 0 Å². The summed E-state index contributed by atoms with van der Waals surface area (Å²) in [4.78, 5) is 11.6. The molecule has 3 nitrogen and oxygen atoms in total. The van der Waals surface area contributed by atoms with Crippen LogP contribution in [0.1, 0.15) is 15.2 Å². The van der Waals surface area contributed by atoms with Gasteiger partial charge in [-0.15, -0.1) is 11.3 Å². The van der Waals surface area contributed by atoms with Crippen LogP contribution in [0.25, 0.3) is 0 Å². The third kappa shape index (κ3) is 3.46. The number of hydrogen-bond donors (Lipinski definition) is 2. The molecule has 1 heterocycles. The monoisotopic (exact) mass is 363 g/mol. The van der Waals surface area contributed by atoms with Gasteiger partial charge >= 0.3 is 5.97 Å². The Morgan fingerprint density at radius 2 is 2.21 bits per heavy atom. The molecule has 1 aromatic heterocycles. The summed E-state index contributed by atoms with van der Waals surface area (Å²) >= 11 is 10.5. The van der Waals surface area contributed by atoms with Crippen LogP contribution >= 0.6 is 38.9 Å². The molecule has 2 aromatic rings. The molecule has 0 aliphatic carbocycles. The summed E-state index contributed by atoms with van der Waals surface area (Å²) in [7, 11) is 0. The van der Waals surface area contributed by atoms with Crippen LogP contribution in [0.15, 0.2) is 28.1 Å². The van der Waals surface area contributed by atoms with E-state index in [9.17, 15) is 9.18 Å². The summed E-state index contributed by atoms with van der Waals surface area (Å²) in [6.45, 7) is 0.419. The maximum absolute atomic E-state index is 13.1. The number of carboxylic acid groups (broad SMARTS) is 1. The fourth-order valence-corrected chi connectivity index (χ4v) is 3.23. The molecule has 0 fully saturated rings. The molecule has 2 rings (SSSR count). The van der Waals surface area contributed by atoms with Crippen LogP contribution in [0.4, 0.5) is 10.1 Å². The van der Waals surface area contributed by atoms with E-state index in [2.05, 4.69) is 21.2 Å². The Labute approximate surface area is 126 Å². The zero-order valence-corrected chi connectivity index (χ0v) is 12.6. The highest BCUT2D eigenvalue weighted by atomic mass is 79.9. The van der Waals surface area contributed by atoms with Gasteiger partial charge in [0, 0.05) is 21.3 Å². The Kier molecular flexibility index (Phi) is 4.44. The second-order valence-corrected chi connectivity index (χ2v) is 5.96. The lowest BCUT2D eigenvalue weighted by atomic mass is 10.3. The highest BCUT2D eigenvalue weighted by molar-refractivity contribution is 9.10. The van der Waals surface area contributed by atoms with E-state index in [4.69, 9.17) is 16.7 Å². The van der Waals surface area contributed by atoms with Gasteiger partial charge in [-0.25, -0.2) is 9.18 Å². The largest absolute Gasteiger partial charge is 0.478 e. The average Bonchev–Trinajstić information content (AvgIpc) is 2.76. The standard InChI is InChI=1S/C12H8BrClFNO2S/c13-9-2-7(15)3-10(14)11(9)16-4-8-1-6(5-19-8)12(17)18/h1-3,5,16H,4H2,(H,17,18). The molecule has 0 unspecified atom stereocenters. The summed E-state index contributed by atoms with van der Waals surface area (Å²) in [5, 5.41) is 13.7. The Balaban J connectivity index is 2.12. The minimum Gasteiger partial charge on any atom is -0.478 e. The number of carbonyl (C=O) groups is 1. The topological polar surface area (TPSA) is 49.3 Å². The summed E-state index contributed by atoms with van der Waals surface area (Å²) in [6, 6.07) is 4.11. The number of thiophene rings is 1. The highest BCUT2D eigenvalue weighted by Crippen LogP contribution is 2.32. The van der Waals surface area contributed by atoms with Gasteiger partial charge in [-0.3, -0.25) is 0 Å². The number of hydrogen-bond acceptors (Lipinski definition) is 3. The zero-order valence-electron chi connectivity index (χ0n) is 9.41. The molecule has 0 saturated heterocycles. The van der Waals surface area contributed by atoms with Crippen molar-refractivity contribution < 1.29 is 14.3 Å². The third-order valence-corrected chi connectivity index (χ3v) is 4.21. The van der Waals surface area contributed by atoms with Crippen LogP contribution in [0, 0.1) is 5.82 Å². The molecule has 0 amide bonds. The average molecular weight is 365 g/mol. The summed E-state index contributed by atoms with van der Waals surface area (Å²) in [6.07, 6.45) is 0. The van der Waals surface area contributed by atoms with Crippen molar-refractivity contribution in [3.8, 4) is 0 Å². The molecule has 0 aliphatic rings. The Morgan fingerprint density at radius 1 is 1.47 bits per heavy atom. The van der Waals surface area contributed by atoms with Crippen LogP contribution in [-0.2, 0) is 6.54 Å². The van der Waals surface area contributed by atoms with Gasteiger partial charge in [-0.1, -0.05) is 11.6 Å². The fourth-order valence-electron chi connectivity index (χ4n) is 1.47. The number of nitrogens with one attached hydrogen (secondary N) is 1. The maximum Gasteiger partial charge on any atom is 0.336 e. The quantitative estimate of drug-likeness (QED) is 0.832. The van der Waals surface area contributed by atoms with E-state index in [1.165, 1.54) is 23.5 Å². The first kappa shape index (κ1) is 14.3. The van der Waals surface area contributed by atoms with Crippen molar-refractivity contribution in [1.82, 2.24) is 0 Å². The van der Waals surface area contributed by atoms with E-state index >= 15 is 0 Å². The third-order valence-electron chi connectivity index (χ3n) is 2.35. The van der Waals surface area contributed by atoms with Crippen molar-refractivity contribution in [2.75, 3.05) is 5.32 Å². The van der Waals surface area contributed by atoms with Crippen molar-refractivity contribution >= 4 is 50.5 Å². The number of halogens is 3. The van der Waals surface area contributed by atoms with Crippen molar-refractivity contribution in [3.05, 3.63) is 49.3 Å². The molecule has 0 bridgehead atoms. The summed E-state index contributed by atoms with van der Waals surface area (Å²) in [5.74, 6) is -1.38. The number of carboxylic acids is 1. The van der Waals surface area contributed by atoms with E-state index in [1.807, 2.05) is 0 Å². The first-order chi connectivity index (χ1) is 8.97. The molecular weight excluding hydrogens is 357 g/mol. The molecule has 19 heavy (non-hydrogen) atoms. The van der Waals surface area contributed by atoms with Gasteiger partial charge in [-0.2, -0.15) is 0 Å². The Bertz CT molecular complexity index is 609. The fraction of sp³-hybridized carbons (Fsp3) is 0.0833. The van der Waals surface area contributed by atoms with Gasteiger partial charge in [0.15, 0.2) is 0 Å². The first-order valence-electron chi connectivity index (χ1n) is 5.16. The van der Waals surface area contributed by atoms with Crippen LogP contribution in [0.3, 0.4) is 0 Å². The lowest BCUT2D eigenvalue weighted by molar-refractivity contribution is 0.0697. The number of anilines is 1. The zero-order chi connectivity index (χ0) is 14.0. The number of benzene rings is 1. The lowest BCUT2D eigenvalue weighted by Gasteiger charge is -2.09. The van der Waals surface area contributed by atoms with Crippen LogP contribution in [0.5, 0.6) is 0 Å². The lowest BCUT2D eigenvalue weighted by Crippen LogP contribution is -2.00. The predicted octanol–water partition coefficient (Wildman–Crippen LogP) is 4.61. The molecule has 7 heteroatoms. The molecule has 0 saturated carbocycles. The van der Waals surface area contributed by atoms with Crippen molar-refractivity contribution in [2.45, 2.75) is 6.54 Å². The Morgan fingerprint density at radius 3 is 2.79 bits per heavy atom. The normalized spacial score (nSPS) is 10.5. The molecule has 100 valence electrons. The van der Waals surface area contributed by atoms with Crippen LogP contribution in [0.2, 0.25) is 5.02 Å². The van der Waals surface area contributed by atoms with E-state index in [0.29, 0.717) is 16.7 Å². The minimum atomic E-state index is -0.955. The molecule has 0 atom stereocenters. The molecular formula is C12H8BrClFNO2S. The van der Waals surface area contributed by atoms with Gasteiger partial charge in [-0.05, 0) is 34.1 Å². The van der Waals surface area contributed by atoms with Gasteiger partial charge in [0.25, 0.3) is 0 Å². The summed E-state index contributed by atoms with van der Waals surface area (Å²) < 4.78 is 13.6. The predicted molar refractivity (Wildman–Crippen MR) is 77.7 cm³/mol. The molecule has 1 aromatic carbocycles. The van der Waals surface area contributed by atoms with E-state index in [1.54, 1.807) is 11.4 Å². The van der Waals surface area contributed by atoms with Crippen LogP contribution < -0.4 is 5.32 Å². The van der Waals surface area contributed by atoms with Gasteiger partial charge in [0.05, 0.1) is 16.3 Å². The second-order valence-electron chi connectivity index (χ2n) is 3.70. The maximum atomic E-state index is 13.1. The van der Waals surface area contributed by atoms with E-state index in [0.717, 1.165) is 4.88 Å². The van der Waals surface area contributed by atoms with E-state index < -0.39 is 11.8 Å². The molecule has 0 radical (unpaired) electrons. The number of rotatable bonds is 4. The van der Waals surface area contributed by atoms with E-state index in [-0.39, 0.29) is 10.6 Å². The smallest absolute Gasteiger partial charge is 0.336 e. The van der Waals surface area contributed by atoms with Gasteiger partial charge in [0.1, 0.15) is 5.82 Å². The van der Waals surface area contributed by atoms with Crippen molar-refractivity contribution in [2.24, 2.45) is 0 Å². The second kappa shape index (κ2) is 5.90. The van der Waals surface area contributed by atoms with Crippen molar-refractivity contribution in [1.29, 1.82) is 0 Å². The van der Waals surface area contributed by atoms with Gasteiger partial charge < -0.3 is 10.4 Å². The molecule has 0 spiro atoms. The minimum absolute atomic E-state index is 0.256. The SMILES string of the molecule is O=C(O)c1csc(CNc2c(Cl)cc(F)cc2Br)c1.